The molecule has 0 aliphatic heterocycles. The molecule has 0 amide bonds. The minimum Gasteiger partial charge on any atom is -0.491 e. The summed E-state index contributed by atoms with van der Waals surface area (Å²) >= 11 is 0. The molecule has 0 unspecified atom stereocenters. The summed E-state index contributed by atoms with van der Waals surface area (Å²) in [5.74, 6) is 0.0842. The first kappa shape index (κ1) is 17.3. The van der Waals surface area contributed by atoms with E-state index in [4.69, 9.17) is 4.74 Å². The number of aromatic nitrogens is 2. The van der Waals surface area contributed by atoms with E-state index in [1.807, 2.05) is 38.1 Å². The second-order valence-corrected chi connectivity index (χ2v) is 6.11. The summed E-state index contributed by atoms with van der Waals surface area (Å²) in [6.07, 6.45) is -4.51. The highest BCUT2D eigenvalue weighted by Gasteiger charge is 2.37. The Hall–Kier alpha value is -2.50. The Kier molecular flexibility index (Phi) is 4.70. The number of halogens is 3. The Morgan fingerprint density at radius 3 is 2.44 bits per heavy atom. The molecular weight excluding hydrogens is 329 g/mol. The van der Waals surface area contributed by atoms with E-state index < -0.39 is 12.0 Å². The van der Waals surface area contributed by atoms with Gasteiger partial charge in [-0.05, 0) is 29.7 Å². The SMILES string of the molecule is CC(C)c1ccccc1OCCn1c(C(F)(F)F)nc2ccccc21. The first-order valence-electron chi connectivity index (χ1n) is 8.12. The van der Waals surface area contributed by atoms with Gasteiger partial charge in [0.1, 0.15) is 12.4 Å². The molecule has 0 saturated carbocycles. The van der Waals surface area contributed by atoms with Gasteiger partial charge < -0.3 is 9.30 Å². The third-order valence-electron chi connectivity index (χ3n) is 4.02. The maximum Gasteiger partial charge on any atom is 0.449 e. The van der Waals surface area contributed by atoms with Gasteiger partial charge in [0.05, 0.1) is 17.6 Å². The molecular formula is C19H19F3N2O. The molecule has 3 rings (SSSR count). The van der Waals surface area contributed by atoms with Crippen LogP contribution in [0.1, 0.15) is 31.2 Å². The largest absolute Gasteiger partial charge is 0.491 e. The smallest absolute Gasteiger partial charge is 0.449 e. The molecule has 0 bridgehead atoms. The van der Waals surface area contributed by atoms with Crippen molar-refractivity contribution < 1.29 is 17.9 Å². The number of alkyl halides is 3. The predicted molar refractivity (Wildman–Crippen MR) is 90.8 cm³/mol. The highest BCUT2D eigenvalue weighted by Crippen LogP contribution is 2.31. The minimum absolute atomic E-state index is 0.0712. The van der Waals surface area contributed by atoms with Gasteiger partial charge in [0.2, 0.25) is 5.82 Å². The number of nitrogens with zero attached hydrogens (tertiary/aromatic N) is 2. The van der Waals surface area contributed by atoms with E-state index in [9.17, 15) is 13.2 Å². The maximum absolute atomic E-state index is 13.3. The van der Waals surface area contributed by atoms with E-state index in [0.29, 0.717) is 16.8 Å². The van der Waals surface area contributed by atoms with Crippen LogP contribution in [0, 0.1) is 0 Å². The lowest BCUT2D eigenvalue weighted by atomic mass is 10.0. The topological polar surface area (TPSA) is 27.1 Å². The zero-order chi connectivity index (χ0) is 18.0. The van der Waals surface area contributed by atoms with Crippen LogP contribution in [-0.4, -0.2) is 16.2 Å². The van der Waals surface area contributed by atoms with Crippen molar-refractivity contribution in [3.05, 3.63) is 59.9 Å². The van der Waals surface area contributed by atoms with E-state index in [2.05, 4.69) is 4.98 Å². The van der Waals surface area contributed by atoms with Crippen molar-refractivity contribution in [2.45, 2.75) is 32.5 Å². The number of benzene rings is 2. The van der Waals surface area contributed by atoms with Crippen molar-refractivity contribution in [2.75, 3.05) is 6.61 Å². The molecule has 25 heavy (non-hydrogen) atoms. The summed E-state index contributed by atoms with van der Waals surface area (Å²) in [6.45, 7) is 4.30. The van der Waals surface area contributed by atoms with Gasteiger partial charge >= 0.3 is 6.18 Å². The van der Waals surface area contributed by atoms with E-state index in [0.717, 1.165) is 5.56 Å². The summed E-state index contributed by atoms with van der Waals surface area (Å²) < 4.78 is 46.8. The molecule has 2 aromatic carbocycles. The molecule has 6 heteroatoms. The lowest BCUT2D eigenvalue weighted by molar-refractivity contribution is -0.147. The number of rotatable bonds is 5. The minimum atomic E-state index is -4.51. The molecule has 0 N–H and O–H groups in total. The van der Waals surface area contributed by atoms with Gasteiger partial charge in [-0.2, -0.15) is 13.2 Å². The van der Waals surface area contributed by atoms with Crippen molar-refractivity contribution in [1.82, 2.24) is 9.55 Å². The quantitative estimate of drug-likeness (QED) is 0.629. The molecule has 1 heterocycles. The molecule has 0 radical (unpaired) electrons. The Labute approximate surface area is 144 Å². The van der Waals surface area contributed by atoms with Gasteiger partial charge in [-0.15, -0.1) is 0 Å². The van der Waals surface area contributed by atoms with Gasteiger partial charge in [-0.1, -0.05) is 44.2 Å². The molecule has 0 aliphatic rings. The summed E-state index contributed by atoms with van der Waals surface area (Å²) in [5.41, 5.74) is 1.82. The number of fused-ring (bicyclic) bond motifs is 1. The van der Waals surface area contributed by atoms with Crippen molar-refractivity contribution in [2.24, 2.45) is 0 Å². The average molecular weight is 348 g/mol. The van der Waals surface area contributed by atoms with Crippen molar-refractivity contribution in [3.8, 4) is 5.75 Å². The third-order valence-corrected chi connectivity index (χ3v) is 4.02. The summed E-state index contributed by atoms with van der Waals surface area (Å²) in [4.78, 5) is 3.74. The van der Waals surface area contributed by atoms with Crippen LogP contribution in [0.15, 0.2) is 48.5 Å². The molecule has 0 spiro atoms. The second kappa shape index (κ2) is 6.78. The molecule has 1 aromatic heterocycles. The lowest BCUT2D eigenvalue weighted by Crippen LogP contribution is -2.18. The number of hydrogen-bond donors (Lipinski definition) is 0. The van der Waals surface area contributed by atoms with Gasteiger partial charge in [0.15, 0.2) is 0 Å². The Morgan fingerprint density at radius 1 is 1.04 bits per heavy atom. The number of imidazole rings is 1. The fourth-order valence-corrected chi connectivity index (χ4v) is 2.85. The van der Waals surface area contributed by atoms with Crippen LogP contribution in [0.3, 0.4) is 0 Å². The van der Waals surface area contributed by atoms with E-state index in [-0.39, 0.29) is 19.1 Å². The Morgan fingerprint density at radius 2 is 1.72 bits per heavy atom. The van der Waals surface area contributed by atoms with Crippen LogP contribution >= 0.6 is 0 Å². The number of hydrogen-bond acceptors (Lipinski definition) is 2. The second-order valence-electron chi connectivity index (χ2n) is 6.11. The van der Waals surface area contributed by atoms with Gasteiger partial charge in [-0.25, -0.2) is 4.98 Å². The molecule has 3 aromatic rings. The van der Waals surface area contributed by atoms with E-state index in [1.165, 1.54) is 4.57 Å². The summed E-state index contributed by atoms with van der Waals surface area (Å²) in [7, 11) is 0. The van der Waals surface area contributed by atoms with Crippen LogP contribution in [-0.2, 0) is 12.7 Å². The average Bonchev–Trinajstić information content (AvgIpc) is 2.94. The van der Waals surface area contributed by atoms with Crippen LogP contribution in [0.4, 0.5) is 13.2 Å². The summed E-state index contributed by atoms with van der Waals surface area (Å²) in [6, 6.07) is 14.2. The third kappa shape index (κ3) is 3.62. The molecule has 0 aliphatic carbocycles. The summed E-state index contributed by atoms with van der Waals surface area (Å²) in [5, 5.41) is 0. The van der Waals surface area contributed by atoms with Crippen molar-refractivity contribution in [1.29, 1.82) is 0 Å². The van der Waals surface area contributed by atoms with Gasteiger partial charge in [0, 0.05) is 0 Å². The van der Waals surface area contributed by atoms with Gasteiger partial charge in [-0.3, -0.25) is 0 Å². The first-order chi connectivity index (χ1) is 11.9. The zero-order valence-corrected chi connectivity index (χ0v) is 14.0. The van der Waals surface area contributed by atoms with E-state index in [1.54, 1.807) is 24.3 Å². The normalized spacial score (nSPS) is 12.1. The van der Waals surface area contributed by atoms with Gasteiger partial charge in [0.25, 0.3) is 0 Å². The molecule has 0 saturated heterocycles. The predicted octanol–water partition coefficient (Wildman–Crippen LogP) is 5.26. The van der Waals surface area contributed by atoms with Crippen LogP contribution in [0.5, 0.6) is 5.75 Å². The number of ether oxygens (including phenoxy) is 1. The van der Waals surface area contributed by atoms with Crippen LogP contribution in [0.2, 0.25) is 0 Å². The first-order valence-corrected chi connectivity index (χ1v) is 8.12. The fraction of sp³-hybridized carbons (Fsp3) is 0.316. The Balaban J connectivity index is 1.84. The maximum atomic E-state index is 13.3. The Bertz CT molecular complexity index is 868. The fourth-order valence-electron chi connectivity index (χ4n) is 2.85. The number of para-hydroxylation sites is 3. The molecule has 132 valence electrons. The lowest BCUT2D eigenvalue weighted by Gasteiger charge is -2.15. The standard InChI is InChI=1S/C19H19F3N2O/c1-13(2)14-7-3-6-10-17(14)25-12-11-24-16-9-5-4-8-15(16)23-18(24)19(20,21)22/h3-10,13H,11-12H2,1-2H3. The highest BCUT2D eigenvalue weighted by atomic mass is 19.4. The highest BCUT2D eigenvalue weighted by molar-refractivity contribution is 5.76. The van der Waals surface area contributed by atoms with E-state index >= 15 is 0 Å². The van der Waals surface area contributed by atoms with Crippen LogP contribution < -0.4 is 4.74 Å². The molecule has 3 nitrogen and oxygen atoms in total. The zero-order valence-electron chi connectivity index (χ0n) is 14.0. The monoisotopic (exact) mass is 348 g/mol. The molecule has 0 atom stereocenters. The van der Waals surface area contributed by atoms with Crippen LogP contribution in [0.25, 0.3) is 11.0 Å². The molecule has 0 fully saturated rings. The van der Waals surface area contributed by atoms with Crippen molar-refractivity contribution >= 4 is 11.0 Å². The van der Waals surface area contributed by atoms with Crippen molar-refractivity contribution in [3.63, 3.8) is 0 Å².